The van der Waals surface area contributed by atoms with E-state index in [1.165, 1.54) is 6.21 Å². The number of rotatable bonds is 10. The summed E-state index contributed by atoms with van der Waals surface area (Å²) < 4.78 is 10.9. The van der Waals surface area contributed by atoms with E-state index in [2.05, 4.69) is 15.8 Å². The molecule has 1 atom stereocenters. The molecule has 35 heavy (non-hydrogen) atoms. The predicted octanol–water partition coefficient (Wildman–Crippen LogP) is 5.29. The predicted molar refractivity (Wildman–Crippen MR) is 138 cm³/mol. The average Bonchev–Trinajstić information content (AvgIpc) is 2.84. The monoisotopic (exact) mass is 493 g/mol. The molecule has 0 aliphatic rings. The number of hydrogen-bond acceptors (Lipinski definition) is 5. The molecule has 0 aliphatic carbocycles. The van der Waals surface area contributed by atoms with Crippen LogP contribution in [0.1, 0.15) is 25.0 Å². The number of nitrogens with one attached hydrogen (secondary N) is 2. The molecule has 0 fully saturated rings. The van der Waals surface area contributed by atoms with Gasteiger partial charge in [-0.25, -0.2) is 5.43 Å². The summed E-state index contributed by atoms with van der Waals surface area (Å²) in [5, 5.41) is 7.44. The number of carbonyl (C=O) groups is 2. The quantitative estimate of drug-likeness (QED) is 0.228. The van der Waals surface area contributed by atoms with Gasteiger partial charge in [0, 0.05) is 16.3 Å². The molecule has 0 aromatic heterocycles. The first kappa shape index (κ1) is 25.8. The van der Waals surface area contributed by atoms with Crippen LogP contribution in [0.25, 0.3) is 0 Å². The van der Waals surface area contributed by atoms with Crippen molar-refractivity contribution in [1.29, 1.82) is 0 Å². The van der Waals surface area contributed by atoms with Crippen molar-refractivity contribution in [2.75, 3.05) is 12.4 Å². The molecule has 0 heterocycles. The van der Waals surface area contributed by atoms with Gasteiger partial charge >= 0.3 is 0 Å². The lowest BCUT2D eigenvalue weighted by molar-refractivity contribution is -0.134. The van der Waals surface area contributed by atoms with Gasteiger partial charge in [0.25, 0.3) is 5.91 Å². The van der Waals surface area contributed by atoms with Crippen molar-refractivity contribution in [2.45, 2.75) is 20.5 Å². The minimum Gasteiger partial charge on any atom is -0.497 e. The second-order valence-electron chi connectivity index (χ2n) is 8.12. The number of hydrogen-bond donors (Lipinski definition) is 2. The summed E-state index contributed by atoms with van der Waals surface area (Å²) in [6, 6.07) is 21.6. The van der Waals surface area contributed by atoms with Crippen molar-refractivity contribution in [2.24, 2.45) is 16.9 Å². The van der Waals surface area contributed by atoms with E-state index in [9.17, 15) is 9.59 Å². The molecular formula is C27H28ClN3O4. The SMILES string of the molecule is COc1ccc(NC(=O)C(C(=O)NN=Cc2ccc(OCc3ccccc3Cl)cc2)C(C)C)cc1. The van der Waals surface area contributed by atoms with Gasteiger partial charge in [0.1, 0.15) is 24.0 Å². The van der Waals surface area contributed by atoms with E-state index in [4.69, 9.17) is 21.1 Å². The Morgan fingerprint density at radius 2 is 1.60 bits per heavy atom. The zero-order valence-corrected chi connectivity index (χ0v) is 20.6. The maximum absolute atomic E-state index is 12.7. The molecule has 3 aromatic rings. The van der Waals surface area contributed by atoms with Gasteiger partial charge in [-0.05, 0) is 66.1 Å². The van der Waals surface area contributed by atoms with E-state index in [-0.39, 0.29) is 5.92 Å². The van der Waals surface area contributed by atoms with Crippen molar-refractivity contribution in [1.82, 2.24) is 5.43 Å². The summed E-state index contributed by atoms with van der Waals surface area (Å²) in [6.07, 6.45) is 1.51. The minimum atomic E-state index is -0.908. The third-order valence-corrected chi connectivity index (χ3v) is 5.58. The minimum absolute atomic E-state index is 0.224. The van der Waals surface area contributed by atoms with Crippen LogP contribution in [0.2, 0.25) is 5.02 Å². The largest absolute Gasteiger partial charge is 0.497 e. The Bertz CT molecular complexity index is 1160. The molecule has 0 saturated heterocycles. The number of ether oxygens (including phenoxy) is 2. The highest BCUT2D eigenvalue weighted by molar-refractivity contribution is 6.31. The lowest BCUT2D eigenvalue weighted by atomic mass is 9.94. The van der Waals surface area contributed by atoms with E-state index >= 15 is 0 Å². The van der Waals surface area contributed by atoms with Crippen LogP contribution < -0.4 is 20.2 Å². The van der Waals surface area contributed by atoms with Crippen LogP contribution in [0.3, 0.4) is 0 Å². The topological polar surface area (TPSA) is 89.0 Å². The molecule has 182 valence electrons. The lowest BCUT2D eigenvalue weighted by Crippen LogP contribution is -2.39. The van der Waals surface area contributed by atoms with Gasteiger partial charge in [-0.3, -0.25) is 9.59 Å². The first-order valence-corrected chi connectivity index (χ1v) is 11.5. The molecule has 8 heteroatoms. The fraction of sp³-hybridized carbons (Fsp3) is 0.222. The van der Waals surface area contributed by atoms with E-state index in [0.29, 0.717) is 28.8 Å². The Morgan fingerprint density at radius 1 is 0.943 bits per heavy atom. The van der Waals surface area contributed by atoms with E-state index in [1.807, 2.05) is 50.2 Å². The molecule has 0 aliphatic heterocycles. The summed E-state index contributed by atoms with van der Waals surface area (Å²) in [4.78, 5) is 25.4. The maximum Gasteiger partial charge on any atom is 0.252 e. The van der Waals surface area contributed by atoms with Crippen LogP contribution in [0.4, 0.5) is 5.69 Å². The highest BCUT2D eigenvalue weighted by Crippen LogP contribution is 2.20. The van der Waals surface area contributed by atoms with Crippen LogP contribution in [0.5, 0.6) is 11.5 Å². The molecule has 2 amide bonds. The number of amides is 2. The Kier molecular flexibility index (Phi) is 9.26. The van der Waals surface area contributed by atoms with Crippen molar-refractivity contribution >= 4 is 35.3 Å². The van der Waals surface area contributed by atoms with Crippen LogP contribution >= 0.6 is 11.6 Å². The normalized spacial score (nSPS) is 11.8. The molecule has 3 aromatic carbocycles. The van der Waals surface area contributed by atoms with Crippen molar-refractivity contribution in [3.63, 3.8) is 0 Å². The number of carbonyl (C=O) groups excluding carboxylic acids is 2. The number of hydrazone groups is 1. The Morgan fingerprint density at radius 3 is 2.23 bits per heavy atom. The third kappa shape index (κ3) is 7.58. The van der Waals surface area contributed by atoms with E-state index in [0.717, 1.165) is 11.1 Å². The molecule has 2 N–H and O–H groups in total. The molecule has 7 nitrogen and oxygen atoms in total. The third-order valence-electron chi connectivity index (χ3n) is 5.21. The fourth-order valence-electron chi connectivity index (χ4n) is 3.29. The lowest BCUT2D eigenvalue weighted by Gasteiger charge is -2.18. The number of nitrogens with zero attached hydrogens (tertiary/aromatic N) is 1. The summed E-state index contributed by atoms with van der Waals surface area (Å²) in [7, 11) is 1.57. The summed E-state index contributed by atoms with van der Waals surface area (Å²) in [5.41, 5.74) is 4.71. The Labute approximate surface area is 210 Å². The number of benzene rings is 3. The van der Waals surface area contributed by atoms with Gasteiger partial charge < -0.3 is 14.8 Å². The Balaban J connectivity index is 1.53. The van der Waals surface area contributed by atoms with Crippen LogP contribution in [-0.4, -0.2) is 25.1 Å². The standard InChI is InChI=1S/C27H28ClN3O4/c1-18(2)25(26(32)30-21-10-14-22(34-3)15-11-21)27(33)31-29-16-19-8-12-23(13-9-19)35-17-20-6-4-5-7-24(20)28/h4-16,18,25H,17H2,1-3H3,(H,30,32)(H,31,33). The van der Waals surface area contributed by atoms with E-state index in [1.54, 1.807) is 43.5 Å². The zero-order valence-electron chi connectivity index (χ0n) is 19.8. The second-order valence-corrected chi connectivity index (χ2v) is 8.53. The fourth-order valence-corrected chi connectivity index (χ4v) is 3.48. The molecule has 0 saturated carbocycles. The van der Waals surface area contributed by atoms with Gasteiger partial charge in [-0.2, -0.15) is 5.10 Å². The number of anilines is 1. The molecule has 0 radical (unpaired) electrons. The average molecular weight is 494 g/mol. The maximum atomic E-state index is 12.7. The van der Waals surface area contributed by atoms with E-state index < -0.39 is 17.7 Å². The first-order chi connectivity index (χ1) is 16.9. The molecule has 1 unspecified atom stereocenters. The van der Waals surface area contributed by atoms with Gasteiger partial charge in [0.15, 0.2) is 0 Å². The van der Waals surface area contributed by atoms with Gasteiger partial charge in [-0.1, -0.05) is 43.6 Å². The number of methoxy groups -OCH3 is 1. The second kappa shape index (κ2) is 12.6. The van der Waals surface area contributed by atoms with Gasteiger partial charge in [0.2, 0.25) is 5.91 Å². The van der Waals surface area contributed by atoms with Crippen molar-refractivity contribution in [3.05, 3.63) is 88.9 Å². The smallest absolute Gasteiger partial charge is 0.252 e. The molecule has 3 rings (SSSR count). The summed E-state index contributed by atoms with van der Waals surface area (Å²) >= 11 is 6.15. The summed E-state index contributed by atoms with van der Waals surface area (Å²) in [5.74, 6) is -0.662. The van der Waals surface area contributed by atoms with Gasteiger partial charge in [0.05, 0.1) is 13.3 Å². The zero-order chi connectivity index (χ0) is 25.2. The molecule has 0 spiro atoms. The summed E-state index contributed by atoms with van der Waals surface area (Å²) in [6.45, 7) is 3.98. The van der Waals surface area contributed by atoms with Gasteiger partial charge in [-0.15, -0.1) is 0 Å². The van der Waals surface area contributed by atoms with Crippen molar-refractivity contribution < 1.29 is 19.1 Å². The highest BCUT2D eigenvalue weighted by Gasteiger charge is 2.29. The molecule has 0 bridgehead atoms. The molecular weight excluding hydrogens is 466 g/mol. The first-order valence-electron chi connectivity index (χ1n) is 11.1. The van der Waals surface area contributed by atoms with Crippen LogP contribution in [0, 0.1) is 11.8 Å². The number of halogens is 1. The van der Waals surface area contributed by atoms with Crippen LogP contribution in [0.15, 0.2) is 77.9 Å². The van der Waals surface area contributed by atoms with Crippen LogP contribution in [-0.2, 0) is 16.2 Å². The highest BCUT2D eigenvalue weighted by atomic mass is 35.5. The van der Waals surface area contributed by atoms with Crippen molar-refractivity contribution in [3.8, 4) is 11.5 Å². The Hall–Kier alpha value is -3.84.